The second-order valence-electron chi connectivity index (χ2n) is 5.52. The van der Waals surface area contributed by atoms with Gasteiger partial charge in [-0.1, -0.05) is 24.3 Å². The van der Waals surface area contributed by atoms with Crippen LogP contribution in [0.4, 0.5) is 0 Å². The lowest BCUT2D eigenvalue weighted by Gasteiger charge is -2.10. The molecule has 0 aliphatic carbocycles. The molecule has 0 atom stereocenters. The van der Waals surface area contributed by atoms with Gasteiger partial charge in [0.1, 0.15) is 11.4 Å². The standard InChI is InChI=1S/C18H13N3O3/c22-17-11-5-1-4-8-15(11)21(9-12(17)18(23)24)10-16-19-13-6-2-3-7-14(13)20-16/h1-9H,10H2,(H,19,20)(H,23,24). The minimum atomic E-state index is -1.23. The number of para-hydroxylation sites is 3. The molecule has 0 amide bonds. The van der Waals surface area contributed by atoms with Gasteiger partial charge in [0.25, 0.3) is 0 Å². The van der Waals surface area contributed by atoms with E-state index in [1.807, 2.05) is 30.3 Å². The van der Waals surface area contributed by atoms with Gasteiger partial charge in [0.05, 0.1) is 23.1 Å². The highest BCUT2D eigenvalue weighted by molar-refractivity contribution is 5.92. The zero-order chi connectivity index (χ0) is 16.7. The summed E-state index contributed by atoms with van der Waals surface area (Å²) in [6.45, 7) is 0.343. The van der Waals surface area contributed by atoms with Gasteiger partial charge in [-0.15, -0.1) is 0 Å². The van der Waals surface area contributed by atoms with E-state index >= 15 is 0 Å². The van der Waals surface area contributed by atoms with Crippen LogP contribution in [-0.2, 0) is 6.54 Å². The molecule has 2 aromatic heterocycles. The average molecular weight is 319 g/mol. The number of carbonyl (C=O) groups is 1. The molecule has 2 heterocycles. The van der Waals surface area contributed by atoms with Crippen molar-refractivity contribution in [2.45, 2.75) is 6.54 Å². The Morgan fingerprint density at radius 3 is 2.67 bits per heavy atom. The quantitative estimate of drug-likeness (QED) is 0.607. The lowest BCUT2D eigenvalue weighted by molar-refractivity contribution is 0.0695. The number of nitrogens with one attached hydrogen (secondary N) is 1. The summed E-state index contributed by atoms with van der Waals surface area (Å²) in [7, 11) is 0. The lowest BCUT2D eigenvalue weighted by atomic mass is 10.1. The van der Waals surface area contributed by atoms with E-state index in [2.05, 4.69) is 9.97 Å². The molecule has 24 heavy (non-hydrogen) atoms. The fourth-order valence-corrected chi connectivity index (χ4v) is 2.87. The van der Waals surface area contributed by atoms with Gasteiger partial charge in [-0.3, -0.25) is 4.79 Å². The predicted molar refractivity (Wildman–Crippen MR) is 90.4 cm³/mol. The zero-order valence-electron chi connectivity index (χ0n) is 12.6. The van der Waals surface area contributed by atoms with E-state index in [4.69, 9.17) is 0 Å². The molecule has 0 fully saturated rings. The number of rotatable bonds is 3. The molecule has 4 rings (SSSR count). The summed E-state index contributed by atoms with van der Waals surface area (Å²) in [4.78, 5) is 31.4. The predicted octanol–water partition coefficient (Wildman–Crippen LogP) is 2.62. The van der Waals surface area contributed by atoms with Crippen molar-refractivity contribution in [1.29, 1.82) is 0 Å². The highest BCUT2D eigenvalue weighted by Gasteiger charge is 2.15. The van der Waals surface area contributed by atoms with Gasteiger partial charge < -0.3 is 14.7 Å². The number of imidazole rings is 1. The molecule has 118 valence electrons. The van der Waals surface area contributed by atoms with E-state index in [1.54, 1.807) is 22.8 Å². The van der Waals surface area contributed by atoms with Crippen LogP contribution in [-0.4, -0.2) is 25.6 Å². The highest BCUT2D eigenvalue weighted by Crippen LogP contribution is 2.15. The second-order valence-corrected chi connectivity index (χ2v) is 5.52. The Labute approximate surface area is 136 Å². The number of hydrogen-bond acceptors (Lipinski definition) is 3. The number of hydrogen-bond donors (Lipinski definition) is 2. The number of H-pyrrole nitrogens is 1. The van der Waals surface area contributed by atoms with Gasteiger partial charge in [-0.25, -0.2) is 9.78 Å². The minimum Gasteiger partial charge on any atom is -0.477 e. The summed E-state index contributed by atoms with van der Waals surface area (Å²) in [5, 5.41) is 9.68. The average Bonchev–Trinajstić information content (AvgIpc) is 2.99. The van der Waals surface area contributed by atoms with Crippen molar-refractivity contribution >= 4 is 27.9 Å². The van der Waals surface area contributed by atoms with Crippen molar-refractivity contribution in [3.05, 3.63) is 76.3 Å². The van der Waals surface area contributed by atoms with Crippen LogP contribution in [0.1, 0.15) is 16.2 Å². The lowest BCUT2D eigenvalue weighted by Crippen LogP contribution is -2.19. The number of aromatic amines is 1. The molecule has 0 aliphatic rings. The van der Waals surface area contributed by atoms with Crippen molar-refractivity contribution < 1.29 is 9.90 Å². The third-order valence-electron chi connectivity index (χ3n) is 3.98. The molecular weight excluding hydrogens is 306 g/mol. The van der Waals surface area contributed by atoms with Crippen LogP contribution in [0.5, 0.6) is 0 Å². The Morgan fingerprint density at radius 2 is 1.88 bits per heavy atom. The molecular formula is C18H13N3O3. The first kappa shape index (κ1) is 14.2. The van der Waals surface area contributed by atoms with Crippen LogP contribution in [0.15, 0.2) is 59.5 Å². The first-order chi connectivity index (χ1) is 11.6. The maximum Gasteiger partial charge on any atom is 0.341 e. The molecule has 4 aromatic rings. The largest absolute Gasteiger partial charge is 0.477 e. The molecule has 0 unspecified atom stereocenters. The third-order valence-corrected chi connectivity index (χ3v) is 3.98. The summed E-state index contributed by atoms with van der Waals surface area (Å²) in [6.07, 6.45) is 1.38. The number of carboxylic acids is 1. The van der Waals surface area contributed by atoms with Crippen molar-refractivity contribution in [3.8, 4) is 0 Å². The number of nitrogens with zero attached hydrogens (tertiary/aromatic N) is 2. The second kappa shape index (κ2) is 5.34. The first-order valence-electron chi connectivity index (χ1n) is 7.42. The maximum atomic E-state index is 12.3. The van der Waals surface area contributed by atoms with E-state index in [0.29, 0.717) is 23.3 Å². The molecule has 0 saturated carbocycles. The van der Waals surface area contributed by atoms with Crippen molar-refractivity contribution in [2.75, 3.05) is 0 Å². The van der Waals surface area contributed by atoms with Crippen LogP contribution in [0.3, 0.4) is 0 Å². The fourth-order valence-electron chi connectivity index (χ4n) is 2.87. The SMILES string of the molecule is O=C(O)c1cn(Cc2nc3ccccc3[nH]2)c2ccccc2c1=O. The van der Waals surface area contributed by atoms with Gasteiger partial charge in [0.2, 0.25) is 5.43 Å². The van der Waals surface area contributed by atoms with Crippen LogP contribution in [0.25, 0.3) is 21.9 Å². The number of aromatic carboxylic acids is 1. The Balaban J connectivity index is 1.90. The van der Waals surface area contributed by atoms with Gasteiger partial charge >= 0.3 is 5.97 Å². The summed E-state index contributed by atoms with van der Waals surface area (Å²) < 4.78 is 1.73. The normalized spacial score (nSPS) is 11.2. The van der Waals surface area contributed by atoms with Crippen molar-refractivity contribution in [3.63, 3.8) is 0 Å². The van der Waals surface area contributed by atoms with E-state index < -0.39 is 11.4 Å². The minimum absolute atomic E-state index is 0.246. The fraction of sp³-hybridized carbons (Fsp3) is 0.0556. The molecule has 6 nitrogen and oxygen atoms in total. The number of aromatic nitrogens is 3. The van der Waals surface area contributed by atoms with Gasteiger partial charge in [0, 0.05) is 11.6 Å². The monoisotopic (exact) mass is 319 g/mol. The molecule has 0 saturated heterocycles. The smallest absolute Gasteiger partial charge is 0.341 e. The molecule has 0 aliphatic heterocycles. The Bertz CT molecular complexity index is 1110. The maximum absolute atomic E-state index is 12.3. The Morgan fingerprint density at radius 1 is 1.12 bits per heavy atom. The van der Waals surface area contributed by atoms with Crippen molar-refractivity contribution in [2.24, 2.45) is 0 Å². The van der Waals surface area contributed by atoms with E-state index in [-0.39, 0.29) is 5.56 Å². The molecule has 6 heteroatoms. The van der Waals surface area contributed by atoms with Crippen LogP contribution < -0.4 is 5.43 Å². The molecule has 2 N–H and O–H groups in total. The van der Waals surface area contributed by atoms with Gasteiger partial charge in [-0.05, 0) is 24.3 Å². The van der Waals surface area contributed by atoms with Crippen molar-refractivity contribution in [1.82, 2.24) is 14.5 Å². The summed E-state index contributed by atoms with van der Waals surface area (Å²) in [6, 6.07) is 14.6. The Hall–Kier alpha value is -3.41. The van der Waals surface area contributed by atoms with E-state index in [1.165, 1.54) is 6.20 Å². The van der Waals surface area contributed by atoms with Gasteiger partial charge in [-0.2, -0.15) is 0 Å². The van der Waals surface area contributed by atoms with Crippen LogP contribution >= 0.6 is 0 Å². The van der Waals surface area contributed by atoms with E-state index in [9.17, 15) is 14.7 Å². The highest BCUT2D eigenvalue weighted by atomic mass is 16.4. The summed E-state index contributed by atoms with van der Waals surface area (Å²) in [5.41, 5.74) is 1.71. The molecule has 0 radical (unpaired) electrons. The first-order valence-corrected chi connectivity index (χ1v) is 7.42. The number of pyridine rings is 1. The van der Waals surface area contributed by atoms with E-state index in [0.717, 1.165) is 11.0 Å². The summed E-state index contributed by atoms with van der Waals surface area (Å²) >= 11 is 0. The number of fused-ring (bicyclic) bond motifs is 2. The molecule has 2 aromatic carbocycles. The third kappa shape index (κ3) is 2.25. The topological polar surface area (TPSA) is 88.0 Å². The van der Waals surface area contributed by atoms with Crippen LogP contribution in [0, 0.1) is 0 Å². The zero-order valence-corrected chi connectivity index (χ0v) is 12.6. The number of benzene rings is 2. The van der Waals surface area contributed by atoms with Crippen LogP contribution in [0.2, 0.25) is 0 Å². The molecule has 0 bridgehead atoms. The van der Waals surface area contributed by atoms with Gasteiger partial charge in [0.15, 0.2) is 0 Å². The molecule has 0 spiro atoms. The summed E-state index contributed by atoms with van der Waals surface area (Å²) in [5.74, 6) is -0.537. The Kier molecular flexibility index (Phi) is 3.16. The number of carboxylic acid groups (broad SMARTS) is 1.